The molecular formula is C9H11ClN2O2. The SMILES string of the molecule is C[C@H](Oc1ccccc1Cl)C(N)=NO. The minimum absolute atomic E-state index is 0.00456. The number of nitrogens with two attached hydrogens (primary N) is 1. The average Bonchev–Trinajstić information content (AvgIpc) is 2.20. The minimum atomic E-state index is -0.514. The zero-order valence-electron chi connectivity index (χ0n) is 7.64. The molecule has 0 aliphatic rings. The summed E-state index contributed by atoms with van der Waals surface area (Å²) in [5.41, 5.74) is 5.35. The summed E-state index contributed by atoms with van der Waals surface area (Å²) in [7, 11) is 0. The van der Waals surface area contributed by atoms with E-state index in [9.17, 15) is 0 Å². The first kappa shape index (κ1) is 10.7. The average molecular weight is 215 g/mol. The predicted molar refractivity (Wildman–Crippen MR) is 55.0 cm³/mol. The van der Waals surface area contributed by atoms with Gasteiger partial charge in [-0.1, -0.05) is 28.9 Å². The van der Waals surface area contributed by atoms with Crippen molar-refractivity contribution in [3.8, 4) is 5.75 Å². The van der Waals surface area contributed by atoms with Crippen molar-refractivity contribution in [2.75, 3.05) is 0 Å². The number of halogens is 1. The van der Waals surface area contributed by atoms with Crippen LogP contribution in [0.1, 0.15) is 6.92 Å². The summed E-state index contributed by atoms with van der Waals surface area (Å²) >= 11 is 5.85. The van der Waals surface area contributed by atoms with Crippen molar-refractivity contribution in [1.82, 2.24) is 0 Å². The van der Waals surface area contributed by atoms with Crippen LogP contribution in [-0.2, 0) is 0 Å². The van der Waals surface area contributed by atoms with Gasteiger partial charge in [0, 0.05) is 0 Å². The maximum absolute atomic E-state index is 8.40. The van der Waals surface area contributed by atoms with Gasteiger partial charge in [-0.3, -0.25) is 0 Å². The summed E-state index contributed by atoms with van der Waals surface area (Å²) in [6, 6.07) is 7.00. The van der Waals surface area contributed by atoms with Gasteiger partial charge < -0.3 is 15.7 Å². The molecule has 1 rings (SSSR count). The fourth-order valence-electron chi connectivity index (χ4n) is 0.872. The Bertz CT molecular complexity index is 341. The summed E-state index contributed by atoms with van der Waals surface area (Å²) in [5, 5.41) is 11.7. The van der Waals surface area contributed by atoms with E-state index in [1.807, 2.05) is 0 Å². The first-order valence-electron chi connectivity index (χ1n) is 4.03. The Morgan fingerprint density at radius 1 is 1.57 bits per heavy atom. The number of rotatable bonds is 3. The van der Waals surface area contributed by atoms with Crippen molar-refractivity contribution in [3.63, 3.8) is 0 Å². The van der Waals surface area contributed by atoms with Gasteiger partial charge >= 0.3 is 0 Å². The summed E-state index contributed by atoms with van der Waals surface area (Å²) in [4.78, 5) is 0. The van der Waals surface area contributed by atoms with Crippen molar-refractivity contribution in [1.29, 1.82) is 0 Å². The van der Waals surface area contributed by atoms with Gasteiger partial charge in [-0.15, -0.1) is 0 Å². The van der Waals surface area contributed by atoms with E-state index in [0.717, 1.165) is 0 Å². The number of oxime groups is 1. The Kier molecular flexibility index (Phi) is 3.59. The summed E-state index contributed by atoms with van der Waals surface area (Å²) in [5.74, 6) is 0.512. The standard InChI is InChI=1S/C9H11ClN2O2/c1-6(9(11)12-13)14-8-5-3-2-4-7(8)10/h2-6,13H,1H3,(H2,11,12)/t6-/m0/s1. The van der Waals surface area contributed by atoms with Crippen LogP contribution >= 0.6 is 11.6 Å². The molecule has 1 aromatic rings. The van der Waals surface area contributed by atoms with Gasteiger partial charge in [-0.05, 0) is 19.1 Å². The van der Waals surface area contributed by atoms with Crippen LogP contribution in [0.3, 0.4) is 0 Å². The zero-order chi connectivity index (χ0) is 10.6. The van der Waals surface area contributed by atoms with Crippen LogP contribution in [0.5, 0.6) is 5.75 Å². The number of benzene rings is 1. The third kappa shape index (κ3) is 2.53. The molecule has 0 aliphatic heterocycles. The molecule has 0 radical (unpaired) electrons. The molecule has 0 saturated carbocycles. The highest BCUT2D eigenvalue weighted by atomic mass is 35.5. The van der Waals surface area contributed by atoms with Crippen LogP contribution in [-0.4, -0.2) is 17.1 Å². The van der Waals surface area contributed by atoms with E-state index in [1.165, 1.54) is 0 Å². The van der Waals surface area contributed by atoms with Crippen molar-refractivity contribution < 1.29 is 9.94 Å². The van der Waals surface area contributed by atoms with Crippen molar-refractivity contribution in [2.24, 2.45) is 10.9 Å². The molecule has 0 aliphatic carbocycles. The second-order valence-corrected chi connectivity index (χ2v) is 3.12. The molecule has 1 aromatic carbocycles. The lowest BCUT2D eigenvalue weighted by molar-refractivity contribution is 0.266. The number of hydrogen-bond donors (Lipinski definition) is 2. The highest BCUT2D eigenvalue weighted by Crippen LogP contribution is 2.24. The first-order valence-corrected chi connectivity index (χ1v) is 4.41. The number of nitrogens with zero attached hydrogens (tertiary/aromatic N) is 1. The third-order valence-corrected chi connectivity index (χ3v) is 1.98. The molecule has 76 valence electrons. The Morgan fingerprint density at radius 3 is 2.79 bits per heavy atom. The highest BCUT2D eigenvalue weighted by Gasteiger charge is 2.10. The van der Waals surface area contributed by atoms with Crippen LogP contribution in [0, 0.1) is 0 Å². The molecule has 0 saturated heterocycles. The quantitative estimate of drug-likeness (QED) is 0.349. The monoisotopic (exact) mass is 214 g/mol. The van der Waals surface area contributed by atoms with E-state index in [0.29, 0.717) is 10.8 Å². The van der Waals surface area contributed by atoms with Crippen molar-refractivity contribution in [3.05, 3.63) is 29.3 Å². The predicted octanol–water partition coefficient (Wildman–Crippen LogP) is 1.85. The van der Waals surface area contributed by atoms with E-state index < -0.39 is 6.10 Å². The number of amidine groups is 1. The van der Waals surface area contributed by atoms with Gasteiger partial charge in [0.25, 0.3) is 0 Å². The maximum Gasteiger partial charge on any atom is 0.180 e. The van der Waals surface area contributed by atoms with Gasteiger partial charge in [0.1, 0.15) is 5.75 Å². The number of ether oxygens (including phenoxy) is 1. The van der Waals surface area contributed by atoms with Crippen LogP contribution in [0.15, 0.2) is 29.4 Å². The smallest absolute Gasteiger partial charge is 0.180 e. The van der Waals surface area contributed by atoms with Gasteiger partial charge in [0.15, 0.2) is 11.9 Å². The molecule has 4 nitrogen and oxygen atoms in total. The molecule has 0 amide bonds. The van der Waals surface area contributed by atoms with E-state index in [4.69, 9.17) is 27.3 Å². The molecule has 0 fully saturated rings. The van der Waals surface area contributed by atoms with Gasteiger partial charge in [0.05, 0.1) is 5.02 Å². The lowest BCUT2D eigenvalue weighted by Gasteiger charge is -2.13. The van der Waals surface area contributed by atoms with Crippen LogP contribution in [0.2, 0.25) is 5.02 Å². The maximum atomic E-state index is 8.40. The zero-order valence-corrected chi connectivity index (χ0v) is 8.40. The summed E-state index contributed by atoms with van der Waals surface area (Å²) < 4.78 is 5.35. The molecule has 0 spiro atoms. The minimum Gasteiger partial charge on any atom is -0.481 e. The largest absolute Gasteiger partial charge is 0.481 e. The molecule has 0 aromatic heterocycles. The van der Waals surface area contributed by atoms with Gasteiger partial charge in [-0.25, -0.2) is 0 Å². The Labute approximate surface area is 86.9 Å². The lowest BCUT2D eigenvalue weighted by Crippen LogP contribution is -2.31. The van der Waals surface area contributed by atoms with E-state index in [2.05, 4.69) is 5.16 Å². The second kappa shape index (κ2) is 4.72. The third-order valence-electron chi connectivity index (χ3n) is 1.67. The fraction of sp³-hybridized carbons (Fsp3) is 0.222. The molecule has 0 unspecified atom stereocenters. The van der Waals surface area contributed by atoms with Crippen LogP contribution in [0.4, 0.5) is 0 Å². The summed E-state index contributed by atoms with van der Waals surface area (Å²) in [6.07, 6.45) is -0.514. The Morgan fingerprint density at radius 2 is 2.21 bits per heavy atom. The molecule has 0 bridgehead atoms. The Hall–Kier alpha value is -1.42. The van der Waals surface area contributed by atoms with E-state index in [-0.39, 0.29) is 5.84 Å². The second-order valence-electron chi connectivity index (χ2n) is 2.72. The lowest BCUT2D eigenvalue weighted by atomic mass is 10.3. The molecule has 3 N–H and O–H groups in total. The normalized spacial score (nSPS) is 13.7. The summed E-state index contributed by atoms with van der Waals surface area (Å²) in [6.45, 7) is 1.67. The number of para-hydroxylation sites is 1. The fourth-order valence-corrected chi connectivity index (χ4v) is 1.05. The molecule has 5 heteroatoms. The van der Waals surface area contributed by atoms with Crippen LogP contribution < -0.4 is 10.5 Å². The van der Waals surface area contributed by atoms with Crippen molar-refractivity contribution in [2.45, 2.75) is 13.0 Å². The molecule has 0 heterocycles. The van der Waals surface area contributed by atoms with Gasteiger partial charge in [-0.2, -0.15) is 0 Å². The molecule has 14 heavy (non-hydrogen) atoms. The topological polar surface area (TPSA) is 67.8 Å². The van der Waals surface area contributed by atoms with Gasteiger partial charge in [0.2, 0.25) is 0 Å². The van der Waals surface area contributed by atoms with Crippen molar-refractivity contribution >= 4 is 17.4 Å². The molecular weight excluding hydrogens is 204 g/mol. The highest BCUT2D eigenvalue weighted by molar-refractivity contribution is 6.32. The molecule has 1 atom stereocenters. The first-order chi connectivity index (χ1) is 6.65. The Balaban J connectivity index is 2.74. The van der Waals surface area contributed by atoms with Crippen LogP contribution in [0.25, 0.3) is 0 Å². The van der Waals surface area contributed by atoms with E-state index in [1.54, 1.807) is 31.2 Å². The van der Waals surface area contributed by atoms with E-state index >= 15 is 0 Å². The number of hydrogen-bond acceptors (Lipinski definition) is 3.